The van der Waals surface area contributed by atoms with Gasteiger partial charge in [0.25, 0.3) is 0 Å². The molecule has 43 heavy (non-hydrogen) atoms. The van der Waals surface area contributed by atoms with Gasteiger partial charge in [-0.1, -0.05) is 119 Å². The molecule has 4 rings (SSSR count). The van der Waals surface area contributed by atoms with E-state index < -0.39 is 0 Å². The normalized spacial score (nSPS) is 15.9. The van der Waals surface area contributed by atoms with Crippen molar-refractivity contribution in [1.29, 1.82) is 0 Å². The monoisotopic (exact) mass is 574 g/mol. The van der Waals surface area contributed by atoms with Crippen LogP contribution in [-0.2, 0) is 16.2 Å². The number of benzene rings is 4. The van der Waals surface area contributed by atoms with Gasteiger partial charge in [0.1, 0.15) is 5.75 Å². The van der Waals surface area contributed by atoms with Crippen LogP contribution in [-0.4, -0.2) is 5.11 Å². The zero-order valence-corrected chi connectivity index (χ0v) is 28.9. The molecule has 0 amide bonds. The minimum atomic E-state index is -0.390. The van der Waals surface area contributed by atoms with E-state index in [4.69, 9.17) is 0 Å². The molecule has 3 unspecified atom stereocenters. The fourth-order valence-electron chi connectivity index (χ4n) is 8.01. The molecule has 0 saturated heterocycles. The second-order valence-corrected chi connectivity index (χ2v) is 13.9. The molecule has 1 heteroatoms. The van der Waals surface area contributed by atoms with Crippen LogP contribution in [0.3, 0.4) is 0 Å². The summed E-state index contributed by atoms with van der Waals surface area (Å²) in [6, 6.07) is 24.9. The summed E-state index contributed by atoms with van der Waals surface area (Å²) in [5.41, 5.74) is 14.4. The molecular formula is C42H54O. The Balaban J connectivity index is 2.25. The average molecular weight is 575 g/mol. The van der Waals surface area contributed by atoms with Gasteiger partial charge >= 0.3 is 0 Å². The first-order valence-corrected chi connectivity index (χ1v) is 16.3. The molecule has 0 aliphatic carbocycles. The van der Waals surface area contributed by atoms with Gasteiger partial charge in [-0.15, -0.1) is 0 Å². The van der Waals surface area contributed by atoms with Gasteiger partial charge in [0.15, 0.2) is 0 Å². The van der Waals surface area contributed by atoms with Crippen LogP contribution in [0.4, 0.5) is 0 Å². The van der Waals surface area contributed by atoms with Crippen LogP contribution >= 0.6 is 0 Å². The molecule has 0 aromatic heterocycles. The summed E-state index contributed by atoms with van der Waals surface area (Å²) in [5, 5.41) is 12.1. The molecule has 0 heterocycles. The largest absolute Gasteiger partial charge is 0.508 e. The van der Waals surface area contributed by atoms with Crippen molar-refractivity contribution in [3.8, 4) is 5.75 Å². The lowest BCUT2D eigenvalue weighted by molar-refractivity contribution is 0.418. The van der Waals surface area contributed by atoms with Crippen LogP contribution in [0.1, 0.15) is 128 Å². The third kappa shape index (κ3) is 5.45. The number of rotatable bonds is 9. The molecule has 4 aromatic carbocycles. The SMILES string of the molecule is CCC(C)(c1ccc(C)cc1C)c1ccc(O)c(C(C)(CC)c2ccc(C)cc2C)c1C(C)(CC)c1ccc(C)cc1C. The van der Waals surface area contributed by atoms with Crippen molar-refractivity contribution in [2.75, 3.05) is 0 Å². The lowest BCUT2D eigenvalue weighted by Crippen LogP contribution is -2.37. The van der Waals surface area contributed by atoms with Gasteiger partial charge in [-0.3, -0.25) is 0 Å². The van der Waals surface area contributed by atoms with Gasteiger partial charge in [-0.05, 0) is 111 Å². The van der Waals surface area contributed by atoms with E-state index in [1.54, 1.807) is 0 Å². The van der Waals surface area contributed by atoms with Gasteiger partial charge < -0.3 is 5.11 Å². The summed E-state index contributed by atoms with van der Waals surface area (Å²) < 4.78 is 0. The zero-order chi connectivity index (χ0) is 31.9. The molecule has 0 spiro atoms. The minimum Gasteiger partial charge on any atom is -0.508 e. The van der Waals surface area contributed by atoms with Crippen molar-refractivity contribution >= 4 is 0 Å². The van der Waals surface area contributed by atoms with Crippen molar-refractivity contribution in [1.82, 2.24) is 0 Å². The molecule has 228 valence electrons. The van der Waals surface area contributed by atoms with Crippen LogP contribution < -0.4 is 0 Å². The van der Waals surface area contributed by atoms with E-state index in [1.807, 2.05) is 6.07 Å². The third-order valence-corrected chi connectivity index (χ3v) is 10.9. The Kier molecular flexibility index (Phi) is 9.09. The highest BCUT2D eigenvalue weighted by molar-refractivity contribution is 5.63. The maximum Gasteiger partial charge on any atom is 0.119 e. The summed E-state index contributed by atoms with van der Waals surface area (Å²) in [4.78, 5) is 0. The molecule has 3 atom stereocenters. The predicted octanol–water partition coefficient (Wildman–Crippen LogP) is 11.4. The Labute approximate surface area is 262 Å². The fraction of sp³-hybridized carbons (Fsp3) is 0.429. The Hall–Kier alpha value is -3.32. The van der Waals surface area contributed by atoms with E-state index >= 15 is 0 Å². The second kappa shape index (κ2) is 12.0. The van der Waals surface area contributed by atoms with Crippen LogP contribution in [0.15, 0.2) is 66.7 Å². The first-order chi connectivity index (χ1) is 20.2. The number of hydrogen-bond acceptors (Lipinski definition) is 1. The van der Waals surface area contributed by atoms with E-state index in [1.165, 1.54) is 61.2 Å². The molecule has 0 fully saturated rings. The van der Waals surface area contributed by atoms with E-state index in [0.29, 0.717) is 5.75 Å². The van der Waals surface area contributed by atoms with Gasteiger partial charge in [0, 0.05) is 21.8 Å². The van der Waals surface area contributed by atoms with Crippen molar-refractivity contribution in [2.45, 2.75) is 119 Å². The predicted molar refractivity (Wildman–Crippen MR) is 186 cm³/mol. The summed E-state index contributed by atoms with van der Waals surface area (Å²) in [7, 11) is 0. The molecule has 0 radical (unpaired) electrons. The molecular weight excluding hydrogens is 520 g/mol. The summed E-state index contributed by atoms with van der Waals surface area (Å²) in [6.45, 7) is 27.4. The Morgan fingerprint density at radius 1 is 0.442 bits per heavy atom. The highest BCUT2D eigenvalue weighted by Crippen LogP contribution is 2.54. The molecule has 4 aromatic rings. The van der Waals surface area contributed by atoms with Crippen LogP contribution in [0.25, 0.3) is 0 Å². The van der Waals surface area contributed by atoms with E-state index in [0.717, 1.165) is 24.8 Å². The van der Waals surface area contributed by atoms with Crippen molar-refractivity contribution in [3.05, 3.63) is 133 Å². The Morgan fingerprint density at radius 3 is 1.12 bits per heavy atom. The summed E-state index contributed by atoms with van der Waals surface area (Å²) in [5.74, 6) is 0.395. The highest BCUT2D eigenvalue weighted by atomic mass is 16.3. The minimum absolute atomic E-state index is 0.248. The topological polar surface area (TPSA) is 20.2 Å². The number of hydrogen-bond donors (Lipinski definition) is 1. The molecule has 0 aliphatic heterocycles. The first kappa shape index (κ1) is 32.6. The quantitative estimate of drug-likeness (QED) is 0.211. The van der Waals surface area contributed by atoms with Gasteiger partial charge in [-0.25, -0.2) is 0 Å². The average Bonchev–Trinajstić information content (AvgIpc) is 2.95. The van der Waals surface area contributed by atoms with Gasteiger partial charge in [0.2, 0.25) is 0 Å². The van der Waals surface area contributed by atoms with Crippen molar-refractivity contribution in [3.63, 3.8) is 0 Å². The maximum absolute atomic E-state index is 12.1. The summed E-state index contributed by atoms with van der Waals surface area (Å²) >= 11 is 0. The van der Waals surface area contributed by atoms with Crippen LogP contribution in [0.2, 0.25) is 0 Å². The van der Waals surface area contributed by atoms with Crippen LogP contribution in [0.5, 0.6) is 5.75 Å². The number of phenols is 1. The number of phenolic OH excluding ortho intramolecular Hbond substituents is 1. The van der Waals surface area contributed by atoms with E-state index in [9.17, 15) is 5.11 Å². The summed E-state index contributed by atoms with van der Waals surface area (Å²) in [6.07, 6.45) is 2.74. The Morgan fingerprint density at radius 2 is 0.767 bits per heavy atom. The number of aromatic hydroxyl groups is 1. The maximum atomic E-state index is 12.1. The molecule has 0 bridgehead atoms. The fourth-order valence-corrected chi connectivity index (χ4v) is 8.01. The molecule has 0 aliphatic rings. The van der Waals surface area contributed by atoms with E-state index in [-0.39, 0.29) is 16.2 Å². The van der Waals surface area contributed by atoms with Gasteiger partial charge in [0.05, 0.1) is 0 Å². The zero-order valence-electron chi connectivity index (χ0n) is 28.9. The molecule has 1 nitrogen and oxygen atoms in total. The van der Waals surface area contributed by atoms with Gasteiger partial charge in [-0.2, -0.15) is 0 Å². The van der Waals surface area contributed by atoms with Crippen LogP contribution in [0, 0.1) is 41.5 Å². The molecule has 1 N–H and O–H groups in total. The standard InChI is InChI=1S/C42H54O/c1-13-40(10,33-19-16-27(4)24-30(33)7)36-22-23-37(43)39(42(12,15-3)35-21-18-29(6)26-32(35)9)38(36)41(11,14-2)34-20-17-28(5)25-31(34)8/h16-26,43H,13-15H2,1-12H3. The van der Waals surface area contributed by atoms with Crippen molar-refractivity contribution in [2.24, 2.45) is 0 Å². The number of aryl methyl sites for hydroxylation is 6. The first-order valence-electron chi connectivity index (χ1n) is 16.3. The molecule has 0 saturated carbocycles. The van der Waals surface area contributed by atoms with E-state index in [2.05, 4.69) is 144 Å². The Bertz CT molecular complexity index is 1640. The lowest BCUT2D eigenvalue weighted by Gasteiger charge is -2.45. The lowest BCUT2D eigenvalue weighted by atomic mass is 9.58. The second-order valence-electron chi connectivity index (χ2n) is 13.9. The van der Waals surface area contributed by atoms with Crippen molar-refractivity contribution < 1.29 is 5.11 Å². The third-order valence-electron chi connectivity index (χ3n) is 10.9. The smallest absolute Gasteiger partial charge is 0.119 e. The highest BCUT2D eigenvalue weighted by Gasteiger charge is 2.44.